The minimum Gasteiger partial charge on any atom is -0.494 e. The van der Waals surface area contributed by atoms with Crippen molar-refractivity contribution < 1.29 is 22.7 Å². The molecule has 0 aromatic heterocycles. The van der Waals surface area contributed by atoms with E-state index in [0.29, 0.717) is 36.8 Å². The molecular formula is C27H32N2O5S. The molecule has 8 heteroatoms. The molecule has 0 aliphatic rings. The molecule has 0 unspecified atom stereocenters. The van der Waals surface area contributed by atoms with E-state index in [1.54, 1.807) is 48.5 Å². The van der Waals surface area contributed by atoms with Crippen LogP contribution < -0.4 is 19.1 Å². The van der Waals surface area contributed by atoms with E-state index in [1.807, 2.05) is 32.9 Å². The average molecular weight is 497 g/mol. The monoisotopic (exact) mass is 496 g/mol. The third kappa shape index (κ3) is 7.48. The van der Waals surface area contributed by atoms with E-state index in [0.717, 1.165) is 16.9 Å². The molecule has 3 rings (SSSR count). The lowest BCUT2D eigenvalue weighted by atomic mass is 10.1. The summed E-state index contributed by atoms with van der Waals surface area (Å²) in [6, 6.07) is 19.8. The molecule has 3 aromatic carbocycles. The lowest BCUT2D eigenvalue weighted by Crippen LogP contribution is -2.29. The van der Waals surface area contributed by atoms with Gasteiger partial charge in [0.2, 0.25) is 10.0 Å². The standard InChI is InChI=1S/C27H32N2O5S/c1-5-33-25-13-11-24(12-14-25)29(35(4,31)32)19-22-7-9-23(10-8-22)27(30)28-16-17-34-26-15-6-20(2)18-21(26)3/h6-15,18H,5,16-17,19H2,1-4H3,(H,28,30). The molecule has 0 atom stereocenters. The topological polar surface area (TPSA) is 84.9 Å². The number of hydrogen-bond donors (Lipinski definition) is 1. The quantitative estimate of drug-likeness (QED) is 0.396. The van der Waals surface area contributed by atoms with Gasteiger partial charge in [-0.05, 0) is 74.4 Å². The number of benzene rings is 3. The number of anilines is 1. The number of sulfonamides is 1. The van der Waals surface area contributed by atoms with E-state index >= 15 is 0 Å². The van der Waals surface area contributed by atoms with Crippen molar-refractivity contribution in [3.8, 4) is 11.5 Å². The van der Waals surface area contributed by atoms with Crippen molar-refractivity contribution in [1.82, 2.24) is 5.32 Å². The maximum Gasteiger partial charge on any atom is 0.251 e. The normalized spacial score (nSPS) is 11.1. The Bertz CT molecular complexity index is 1240. The Kier molecular flexibility index (Phi) is 8.76. The summed E-state index contributed by atoms with van der Waals surface area (Å²) in [6.45, 7) is 7.32. The molecule has 0 saturated heterocycles. The molecule has 0 fully saturated rings. The van der Waals surface area contributed by atoms with Crippen molar-refractivity contribution in [2.24, 2.45) is 0 Å². The van der Waals surface area contributed by atoms with Gasteiger partial charge in [0.15, 0.2) is 0 Å². The summed E-state index contributed by atoms with van der Waals surface area (Å²) in [4.78, 5) is 12.5. The number of nitrogens with one attached hydrogen (secondary N) is 1. The van der Waals surface area contributed by atoms with E-state index in [-0.39, 0.29) is 12.5 Å². The number of carbonyl (C=O) groups excluding carboxylic acids is 1. The summed E-state index contributed by atoms with van der Waals surface area (Å²) in [5, 5.41) is 2.84. The van der Waals surface area contributed by atoms with Crippen molar-refractivity contribution in [3.05, 3.63) is 89.0 Å². The van der Waals surface area contributed by atoms with E-state index < -0.39 is 10.0 Å². The Morgan fingerprint density at radius 3 is 2.23 bits per heavy atom. The number of carbonyl (C=O) groups is 1. The minimum atomic E-state index is -3.51. The van der Waals surface area contributed by atoms with E-state index in [4.69, 9.17) is 9.47 Å². The third-order valence-corrected chi connectivity index (χ3v) is 6.49. The highest BCUT2D eigenvalue weighted by molar-refractivity contribution is 7.92. The predicted octanol–water partition coefficient (Wildman–Crippen LogP) is 4.48. The Morgan fingerprint density at radius 1 is 0.943 bits per heavy atom. The van der Waals surface area contributed by atoms with Crippen molar-refractivity contribution in [3.63, 3.8) is 0 Å². The van der Waals surface area contributed by atoms with Crippen LogP contribution in [0.4, 0.5) is 5.69 Å². The molecule has 1 amide bonds. The first-order valence-corrected chi connectivity index (χ1v) is 13.3. The van der Waals surface area contributed by atoms with Crippen LogP contribution in [-0.4, -0.2) is 40.3 Å². The summed E-state index contributed by atoms with van der Waals surface area (Å²) < 4.78 is 37.4. The fraction of sp³-hybridized carbons (Fsp3) is 0.296. The highest BCUT2D eigenvalue weighted by Gasteiger charge is 2.18. The molecular weight excluding hydrogens is 464 g/mol. The van der Waals surface area contributed by atoms with Crippen LogP contribution in [0.1, 0.15) is 34.0 Å². The SMILES string of the molecule is CCOc1ccc(N(Cc2ccc(C(=O)NCCOc3ccc(C)cc3C)cc2)S(C)(=O)=O)cc1. The van der Waals surface area contributed by atoms with E-state index in [1.165, 1.54) is 16.1 Å². The number of nitrogens with zero attached hydrogens (tertiary/aromatic N) is 1. The zero-order valence-corrected chi connectivity index (χ0v) is 21.4. The zero-order chi connectivity index (χ0) is 25.4. The highest BCUT2D eigenvalue weighted by Crippen LogP contribution is 2.24. The number of hydrogen-bond acceptors (Lipinski definition) is 5. The summed E-state index contributed by atoms with van der Waals surface area (Å²) in [7, 11) is -3.51. The fourth-order valence-corrected chi connectivity index (χ4v) is 4.48. The summed E-state index contributed by atoms with van der Waals surface area (Å²) in [5.74, 6) is 1.27. The van der Waals surface area contributed by atoms with Crippen molar-refractivity contribution in [2.45, 2.75) is 27.3 Å². The maximum atomic E-state index is 12.5. The second kappa shape index (κ2) is 11.8. The molecule has 1 N–H and O–H groups in total. The van der Waals surface area contributed by atoms with Gasteiger partial charge in [0, 0.05) is 5.56 Å². The van der Waals surface area contributed by atoms with E-state index in [9.17, 15) is 13.2 Å². The minimum absolute atomic E-state index is 0.151. The lowest BCUT2D eigenvalue weighted by Gasteiger charge is -2.23. The van der Waals surface area contributed by atoms with E-state index in [2.05, 4.69) is 11.4 Å². The third-order valence-electron chi connectivity index (χ3n) is 5.35. The first kappa shape index (κ1) is 26.1. The molecule has 0 heterocycles. The van der Waals surface area contributed by atoms with Crippen LogP contribution in [-0.2, 0) is 16.6 Å². The van der Waals surface area contributed by atoms with Crippen molar-refractivity contribution >= 4 is 21.6 Å². The Hall–Kier alpha value is -3.52. The van der Waals surface area contributed by atoms with Gasteiger partial charge in [0.25, 0.3) is 5.91 Å². The Balaban J connectivity index is 1.57. The van der Waals surface area contributed by atoms with Gasteiger partial charge < -0.3 is 14.8 Å². The smallest absolute Gasteiger partial charge is 0.251 e. The number of rotatable bonds is 11. The van der Waals surface area contributed by atoms with Crippen LogP contribution in [0.2, 0.25) is 0 Å². The summed E-state index contributed by atoms with van der Waals surface area (Å²) >= 11 is 0. The Labute approximate surface area is 207 Å². The first-order chi connectivity index (χ1) is 16.7. The van der Waals surface area contributed by atoms with Gasteiger partial charge in [-0.1, -0.05) is 29.8 Å². The van der Waals surface area contributed by atoms with Crippen LogP contribution in [0, 0.1) is 13.8 Å². The average Bonchev–Trinajstić information content (AvgIpc) is 2.82. The van der Waals surface area contributed by atoms with Crippen LogP contribution in [0.5, 0.6) is 11.5 Å². The molecule has 0 aliphatic heterocycles. The van der Waals surface area contributed by atoms with Gasteiger partial charge in [-0.3, -0.25) is 9.10 Å². The number of ether oxygens (including phenoxy) is 2. The summed E-state index contributed by atoms with van der Waals surface area (Å²) in [6.07, 6.45) is 1.17. The van der Waals surface area contributed by atoms with Gasteiger partial charge in [0.05, 0.1) is 31.6 Å². The number of amides is 1. The molecule has 0 aliphatic carbocycles. The van der Waals surface area contributed by atoms with Crippen LogP contribution in [0.15, 0.2) is 66.7 Å². The van der Waals surface area contributed by atoms with Gasteiger partial charge >= 0.3 is 0 Å². The molecule has 35 heavy (non-hydrogen) atoms. The second-order valence-corrected chi connectivity index (χ2v) is 10.2. The van der Waals surface area contributed by atoms with Gasteiger partial charge in [0.1, 0.15) is 18.1 Å². The predicted molar refractivity (Wildman–Crippen MR) is 139 cm³/mol. The maximum absolute atomic E-state index is 12.5. The largest absolute Gasteiger partial charge is 0.494 e. The van der Waals surface area contributed by atoms with Crippen molar-refractivity contribution in [1.29, 1.82) is 0 Å². The lowest BCUT2D eigenvalue weighted by molar-refractivity contribution is 0.0947. The fourth-order valence-electron chi connectivity index (χ4n) is 3.59. The van der Waals surface area contributed by atoms with Gasteiger partial charge in [-0.2, -0.15) is 0 Å². The molecule has 0 saturated carbocycles. The van der Waals surface area contributed by atoms with Crippen LogP contribution in [0.3, 0.4) is 0 Å². The molecule has 0 bridgehead atoms. The van der Waals surface area contributed by atoms with Gasteiger partial charge in [-0.15, -0.1) is 0 Å². The molecule has 7 nitrogen and oxygen atoms in total. The van der Waals surface area contributed by atoms with Crippen LogP contribution in [0.25, 0.3) is 0 Å². The molecule has 3 aromatic rings. The molecule has 0 spiro atoms. The van der Waals surface area contributed by atoms with Gasteiger partial charge in [-0.25, -0.2) is 8.42 Å². The Morgan fingerprint density at radius 2 is 1.63 bits per heavy atom. The zero-order valence-electron chi connectivity index (χ0n) is 20.6. The summed E-state index contributed by atoms with van der Waals surface area (Å²) in [5.41, 5.74) is 4.03. The van der Waals surface area contributed by atoms with Crippen LogP contribution >= 0.6 is 0 Å². The highest BCUT2D eigenvalue weighted by atomic mass is 32.2. The molecule has 186 valence electrons. The second-order valence-electron chi connectivity index (χ2n) is 8.27. The number of aryl methyl sites for hydroxylation is 2. The van der Waals surface area contributed by atoms with Crippen molar-refractivity contribution in [2.75, 3.05) is 30.3 Å². The first-order valence-electron chi connectivity index (χ1n) is 11.4. The molecule has 0 radical (unpaired) electrons.